The molecule has 2 N–H and O–H groups in total. The summed E-state index contributed by atoms with van der Waals surface area (Å²) in [6.07, 6.45) is 0.964. The first-order valence-corrected chi connectivity index (χ1v) is 6.38. The highest BCUT2D eigenvalue weighted by Gasteiger charge is 2.34. The lowest BCUT2D eigenvalue weighted by Gasteiger charge is -2.29. The third kappa shape index (κ3) is 2.52. The van der Waals surface area contributed by atoms with Crippen molar-refractivity contribution < 1.29 is 17.5 Å². The Kier molecular flexibility index (Phi) is 4.25. The topological polar surface area (TPSA) is 32.3 Å². The molecule has 2 aromatic carbocycles. The van der Waals surface area contributed by atoms with E-state index in [0.29, 0.717) is 6.54 Å². The minimum Gasteiger partial charge on any atom is -1.00 e. The normalized spacial score (nSPS) is 21.9. The molecule has 100 valence electrons. The summed E-state index contributed by atoms with van der Waals surface area (Å²) in [6.45, 7) is 1.47. The summed E-state index contributed by atoms with van der Waals surface area (Å²) in [6, 6.07) is 18.1. The van der Waals surface area contributed by atoms with Crippen molar-refractivity contribution in [3.63, 3.8) is 0 Å². The summed E-state index contributed by atoms with van der Waals surface area (Å²) in [5.41, 5.74) is 2.29. The summed E-state index contributed by atoms with van der Waals surface area (Å²) >= 11 is 0. The molecule has 0 saturated carbocycles. The van der Waals surface area contributed by atoms with Crippen LogP contribution in [0.5, 0.6) is 0 Å². The molecule has 2 nitrogen and oxygen atoms in total. The number of halogens is 1. The van der Waals surface area contributed by atoms with Gasteiger partial charge < -0.3 is 22.8 Å². The van der Waals surface area contributed by atoms with Crippen LogP contribution in [-0.4, -0.2) is 18.2 Å². The molecule has 1 aliphatic heterocycles. The van der Waals surface area contributed by atoms with Gasteiger partial charge in [0.25, 0.3) is 0 Å². The fraction of sp³-hybridized carbons (Fsp3) is 0.250. The molecule has 0 amide bonds. The smallest absolute Gasteiger partial charge is 0.127 e. The first-order valence-electron chi connectivity index (χ1n) is 6.38. The van der Waals surface area contributed by atoms with Crippen LogP contribution < -0.4 is 17.7 Å². The molecule has 1 heterocycles. The minimum atomic E-state index is -0.922. The number of nitrogens with one attached hydrogen (secondary N) is 1. The van der Waals surface area contributed by atoms with E-state index in [9.17, 15) is 5.11 Å². The maximum absolute atomic E-state index is 11.1. The zero-order chi connectivity index (χ0) is 12.4. The Hall–Kier alpha value is -1.35. The second kappa shape index (κ2) is 5.74. The van der Waals surface area contributed by atoms with Gasteiger partial charge in [0.05, 0.1) is 0 Å². The monoisotopic (exact) mass is 274 g/mol. The lowest BCUT2D eigenvalue weighted by molar-refractivity contribution is -0.00000749. The van der Waals surface area contributed by atoms with Gasteiger partial charge in [-0.05, 0) is 29.7 Å². The fourth-order valence-corrected chi connectivity index (χ4v) is 2.70. The Bertz CT molecular complexity index is 543. The highest BCUT2D eigenvalue weighted by molar-refractivity contribution is 5.42. The van der Waals surface area contributed by atoms with Crippen LogP contribution in [0.15, 0.2) is 54.6 Å². The van der Waals surface area contributed by atoms with Crippen LogP contribution in [0.4, 0.5) is 0 Å². The van der Waals surface area contributed by atoms with Gasteiger partial charge in [-0.15, -0.1) is 0 Å². The van der Waals surface area contributed by atoms with Crippen molar-refractivity contribution in [1.29, 1.82) is 0 Å². The van der Waals surface area contributed by atoms with Gasteiger partial charge in [0.1, 0.15) is 5.60 Å². The SMILES string of the molecule is OC1(c2ccccc2)CNCCc2ccccc21.[Cl-]. The van der Waals surface area contributed by atoms with E-state index in [4.69, 9.17) is 0 Å². The molecule has 0 fully saturated rings. The maximum atomic E-state index is 11.1. The number of aliphatic hydroxyl groups is 1. The summed E-state index contributed by atoms with van der Waals surface area (Å²) in [4.78, 5) is 0. The molecule has 2 aromatic rings. The molecule has 3 heteroatoms. The molecule has 1 aliphatic rings. The lowest BCUT2D eigenvalue weighted by Crippen LogP contribution is -3.00. The highest BCUT2D eigenvalue weighted by Crippen LogP contribution is 2.32. The van der Waals surface area contributed by atoms with Crippen LogP contribution in [0.2, 0.25) is 0 Å². The van der Waals surface area contributed by atoms with Crippen LogP contribution in [0.1, 0.15) is 16.7 Å². The Labute approximate surface area is 119 Å². The van der Waals surface area contributed by atoms with Crippen molar-refractivity contribution in [3.8, 4) is 0 Å². The van der Waals surface area contributed by atoms with E-state index >= 15 is 0 Å². The zero-order valence-electron chi connectivity index (χ0n) is 10.6. The van der Waals surface area contributed by atoms with Crippen LogP contribution in [0.3, 0.4) is 0 Å². The molecule has 0 bridgehead atoms. The summed E-state index contributed by atoms with van der Waals surface area (Å²) in [5.74, 6) is 0. The fourth-order valence-electron chi connectivity index (χ4n) is 2.70. The van der Waals surface area contributed by atoms with Gasteiger partial charge in [0, 0.05) is 6.54 Å². The molecule has 0 spiro atoms. The van der Waals surface area contributed by atoms with Gasteiger partial charge >= 0.3 is 0 Å². The summed E-state index contributed by atoms with van der Waals surface area (Å²) < 4.78 is 0. The number of fused-ring (bicyclic) bond motifs is 1. The molecule has 3 rings (SSSR count). The average Bonchev–Trinajstić information content (AvgIpc) is 2.61. The molecule has 1 unspecified atom stereocenters. The number of hydrogen-bond acceptors (Lipinski definition) is 2. The van der Waals surface area contributed by atoms with Crippen molar-refractivity contribution >= 4 is 0 Å². The maximum Gasteiger partial charge on any atom is 0.127 e. The largest absolute Gasteiger partial charge is 1.00 e. The van der Waals surface area contributed by atoms with Crippen molar-refractivity contribution in [2.45, 2.75) is 12.0 Å². The van der Waals surface area contributed by atoms with Gasteiger partial charge in [0.2, 0.25) is 0 Å². The molecule has 0 radical (unpaired) electrons. The second-order valence-electron chi connectivity index (χ2n) is 4.81. The van der Waals surface area contributed by atoms with Gasteiger partial charge in [-0.2, -0.15) is 0 Å². The number of benzene rings is 2. The van der Waals surface area contributed by atoms with E-state index < -0.39 is 5.60 Å². The summed E-state index contributed by atoms with van der Waals surface area (Å²) in [5, 5.41) is 14.4. The van der Waals surface area contributed by atoms with E-state index in [1.165, 1.54) is 5.56 Å². The Morgan fingerprint density at radius 3 is 2.42 bits per heavy atom. The highest BCUT2D eigenvalue weighted by atomic mass is 35.5. The molecule has 1 atom stereocenters. The van der Waals surface area contributed by atoms with Gasteiger partial charge in [-0.3, -0.25) is 0 Å². The van der Waals surface area contributed by atoms with E-state index in [-0.39, 0.29) is 12.4 Å². The molecule has 19 heavy (non-hydrogen) atoms. The van der Waals surface area contributed by atoms with Crippen LogP contribution in [-0.2, 0) is 12.0 Å². The predicted octanol–water partition coefficient (Wildman–Crippen LogP) is -0.928. The van der Waals surface area contributed by atoms with Crippen LogP contribution in [0, 0.1) is 0 Å². The number of β-amino-alcohol motifs (C(OH)–C–C–N with tert-alkyl or cyclic N) is 1. The Morgan fingerprint density at radius 2 is 1.63 bits per heavy atom. The molecule has 0 aliphatic carbocycles. The predicted molar refractivity (Wildman–Crippen MR) is 72.5 cm³/mol. The van der Waals surface area contributed by atoms with E-state index in [0.717, 1.165) is 24.1 Å². The van der Waals surface area contributed by atoms with E-state index in [1.807, 2.05) is 48.5 Å². The quantitative estimate of drug-likeness (QED) is 0.705. The van der Waals surface area contributed by atoms with Crippen molar-refractivity contribution in [2.75, 3.05) is 13.1 Å². The molecular weight excluding hydrogens is 258 g/mol. The van der Waals surface area contributed by atoms with Crippen molar-refractivity contribution in [2.24, 2.45) is 0 Å². The lowest BCUT2D eigenvalue weighted by atomic mass is 9.84. The standard InChI is InChI=1S/C16H17NO.ClH/c18-16(14-7-2-1-3-8-14)12-17-11-10-13-6-4-5-9-15(13)16;/h1-9,17-18H,10-12H2;1H/p-1. The molecular formula is C16H17ClNO-. The number of rotatable bonds is 1. The van der Waals surface area contributed by atoms with Gasteiger partial charge in [-0.25, -0.2) is 0 Å². The van der Waals surface area contributed by atoms with Crippen LogP contribution in [0.25, 0.3) is 0 Å². The van der Waals surface area contributed by atoms with Gasteiger partial charge in [0.15, 0.2) is 0 Å². The van der Waals surface area contributed by atoms with E-state index in [1.54, 1.807) is 0 Å². The average molecular weight is 275 g/mol. The summed E-state index contributed by atoms with van der Waals surface area (Å²) in [7, 11) is 0. The zero-order valence-corrected chi connectivity index (χ0v) is 11.4. The first-order chi connectivity index (χ1) is 8.81. The van der Waals surface area contributed by atoms with Crippen LogP contribution >= 0.6 is 0 Å². The minimum absolute atomic E-state index is 0. The third-order valence-corrected chi connectivity index (χ3v) is 3.67. The Balaban J connectivity index is 0.00000133. The van der Waals surface area contributed by atoms with E-state index in [2.05, 4.69) is 11.4 Å². The van der Waals surface area contributed by atoms with Crippen molar-refractivity contribution in [1.82, 2.24) is 5.32 Å². The van der Waals surface area contributed by atoms with Gasteiger partial charge in [-0.1, -0.05) is 54.6 Å². The number of hydrogen-bond donors (Lipinski definition) is 2. The molecule has 0 saturated heterocycles. The first kappa shape index (κ1) is 14.1. The van der Waals surface area contributed by atoms with Crippen molar-refractivity contribution in [3.05, 3.63) is 71.3 Å². The molecule has 0 aromatic heterocycles. The second-order valence-corrected chi connectivity index (χ2v) is 4.81. The third-order valence-electron chi connectivity index (χ3n) is 3.67. The Morgan fingerprint density at radius 1 is 0.947 bits per heavy atom.